The average molecular weight is 642 g/mol. The van der Waals surface area contributed by atoms with Crippen LogP contribution in [-0.2, 0) is 23.8 Å². The maximum Gasteiger partial charge on any atom is 0.453 e. The standard InChI is InChI=1S/C26H30F3IN6O2/c1-37-12-13-38-23-16-19(30)15-22(32-23)36-25(33-24(34-36)26(27,28)29)31-20-7-4-17-5-8-21(9-6-18(17)14-20)35-10-2-3-11-35/h4,7,14-16,21H,2-3,5-6,8-13H2,1H3,(H,31,33,34). The van der Waals surface area contributed by atoms with Crippen LogP contribution < -0.4 is 10.1 Å². The van der Waals surface area contributed by atoms with Crippen LogP contribution in [0.3, 0.4) is 0 Å². The number of halogens is 4. The minimum Gasteiger partial charge on any atom is -0.475 e. The Hall–Kier alpha value is -2.45. The number of nitrogens with one attached hydrogen (secondary N) is 1. The number of fused-ring (bicyclic) bond motifs is 1. The van der Waals surface area contributed by atoms with Gasteiger partial charge in [-0.15, -0.1) is 5.10 Å². The van der Waals surface area contributed by atoms with E-state index < -0.39 is 12.0 Å². The molecule has 1 N–H and O–H groups in total. The van der Waals surface area contributed by atoms with Crippen molar-refractivity contribution >= 4 is 34.2 Å². The molecule has 1 fully saturated rings. The van der Waals surface area contributed by atoms with E-state index in [-0.39, 0.29) is 24.3 Å². The number of aromatic nitrogens is 4. The minimum absolute atomic E-state index is 0.0711. The molecule has 204 valence electrons. The zero-order valence-corrected chi connectivity index (χ0v) is 23.3. The van der Waals surface area contributed by atoms with Crippen molar-refractivity contribution < 1.29 is 22.6 Å². The average Bonchev–Trinajstić information content (AvgIpc) is 3.51. The molecule has 1 aliphatic carbocycles. The highest BCUT2D eigenvalue weighted by molar-refractivity contribution is 14.1. The molecule has 0 saturated carbocycles. The van der Waals surface area contributed by atoms with E-state index in [0.29, 0.717) is 18.3 Å². The van der Waals surface area contributed by atoms with Gasteiger partial charge in [0.15, 0.2) is 5.82 Å². The van der Waals surface area contributed by atoms with E-state index in [1.807, 2.05) is 12.1 Å². The fourth-order valence-electron chi connectivity index (χ4n) is 5.12. The summed E-state index contributed by atoms with van der Waals surface area (Å²) in [6, 6.07) is 9.89. The first-order valence-corrected chi connectivity index (χ1v) is 13.8. The third kappa shape index (κ3) is 6.40. The lowest BCUT2D eigenvalue weighted by Gasteiger charge is -2.25. The Kier molecular flexibility index (Phi) is 8.38. The number of hydrogen-bond acceptors (Lipinski definition) is 7. The summed E-state index contributed by atoms with van der Waals surface area (Å²) >= 11 is 2.06. The third-order valence-corrected chi connectivity index (χ3v) is 7.60. The predicted molar refractivity (Wildman–Crippen MR) is 145 cm³/mol. The molecule has 1 unspecified atom stereocenters. The molecule has 0 amide bonds. The first kappa shape index (κ1) is 27.1. The summed E-state index contributed by atoms with van der Waals surface area (Å²) in [5.74, 6) is -0.890. The molecule has 1 aromatic carbocycles. The van der Waals surface area contributed by atoms with E-state index in [4.69, 9.17) is 9.47 Å². The SMILES string of the molecule is COCCOc1cc(I)cc(-n2nc(C(F)(F)F)nc2Nc2ccc3c(c2)CCC(N2CCCC2)CC3)n1. The van der Waals surface area contributed by atoms with Gasteiger partial charge in [0.1, 0.15) is 6.61 Å². The second-order valence-electron chi connectivity index (χ2n) is 9.57. The Balaban J connectivity index is 1.41. The highest BCUT2D eigenvalue weighted by Gasteiger charge is 2.37. The third-order valence-electron chi connectivity index (χ3n) is 6.98. The number of methoxy groups -OCH3 is 1. The molecule has 38 heavy (non-hydrogen) atoms. The Bertz CT molecular complexity index is 1260. The van der Waals surface area contributed by atoms with Crippen LogP contribution in [0.15, 0.2) is 30.3 Å². The summed E-state index contributed by atoms with van der Waals surface area (Å²) in [5.41, 5.74) is 3.18. The van der Waals surface area contributed by atoms with E-state index in [2.05, 4.69) is 53.9 Å². The van der Waals surface area contributed by atoms with Crippen molar-refractivity contribution in [3.8, 4) is 11.7 Å². The first-order chi connectivity index (χ1) is 18.3. The van der Waals surface area contributed by atoms with Crippen molar-refractivity contribution in [3.63, 3.8) is 0 Å². The number of hydrogen-bond donors (Lipinski definition) is 1. The number of anilines is 2. The number of nitrogens with zero attached hydrogens (tertiary/aromatic N) is 5. The number of benzene rings is 1. The first-order valence-electron chi connectivity index (χ1n) is 12.8. The van der Waals surface area contributed by atoms with E-state index in [0.717, 1.165) is 33.9 Å². The monoisotopic (exact) mass is 642 g/mol. The van der Waals surface area contributed by atoms with Gasteiger partial charge in [0.2, 0.25) is 11.8 Å². The lowest BCUT2D eigenvalue weighted by molar-refractivity contribution is -0.144. The van der Waals surface area contributed by atoms with Crippen LogP contribution in [0.4, 0.5) is 24.8 Å². The van der Waals surface area contributed by atoms with Crippen LogP contribution in [0, 0.1) is 3.57 Å². The van der Waals surface area contributed by atoms with Gasteiger partial charge in [0, 0.05) is 28.5 Å². The molecular weight excluding hydrogens is 612 g/mol. The zero-order chi connectivity index (χ0) is 26.7. The number of aryl methyl sites for hydroxylation is 2. The van der Waals surface area contributed by atoms with Gasteiger partial charge in [-0.3, -0.25) is 0 Å². The second kappa shape index (κ2) is 11.7. The van der Waals surface area contributed by atoms with Crippen molar-refractivity contribution in [2.24, 2.45) is 0 Å². The van der Waals surface area contributed by atoms with Crippen molar-refractivity contribution in [1.82, 2.24) is 24.6 Å². The summed E-state index contributed by atoms with van der Waals surface area (Å²) in [7, 11) is 1.55. The normalized spacial score (nSPS) is 18.3. The maximum atomic E-state index is 13.6. The summed E-state index contributed by atoms with van der Waals surface area (Å²) in [6.07, 6.45) is 2.00. The van der Waals surface area contributed by atoms with Crippen LogP contribution in [-0.4, -0.2) is 64.1 Å². The predicted octanol–water partition coefficient (Wildman–Crippen LogP) is 5.40. The highest BCUT2D eigenvalue weighted by atomic mass is 127. The summed E-state index contributed by atoms with van der Waals surface area (Å²) in [5, 5.41) is 6.82. The molecule has 8 nitrogen and oxygen atoms in total. The number of ether oxygens (including phenoxy) is 2. The number of alkyl halides is 3. The van der Waals surface area contributed by atoms with Gasteiger partial charge >= 0.3 is 6.18 Å². The van der Waals surface area contributed by atoms with E-state index >= 15 is 0 Å². The second-order valence-corrected chi connectivity index (χ2v) is 10.8. The van der Waals surface area contributed by atoms with Crippen molar-refractivity contribution in [2.75, 3.05) is 38.7 Å². The lowest BCUT2D eigenvalue weighted by atomic mass is 10.0. The van der Waals surface area contributed by atoms with Crippen LogP contribution in [0.25, 0.3) is 5.82 Å². The van der Waals surface area contributed by atoms with Crippen LogP contribution in [0.1, 0.15) is 42.6 Å². The van der Waals surface area contributed by atoms with Crippen LogP contribution >= 0.6 is 22.6 Å². The summed E-state index contributed by atoms with van der Waals surface area (Å²) in [6.45, 7) is 2.97. The molecule has 1 atom stereocenters. The van der Waals surface area contributed by atoms with Crippen molar-refractivity contribution in [3.05, 3.63) is 50.9 Å². The van der Waals surface area contributed by atoms with E-state index in [9.17, 15) is 13.2 Å². The number of rotatable bonds is 8. The highest BCUT2D eigenvalue weighted by Crippen LogP contribution is 2.32. The fraction of sp³-hybridized carbons (Fsp3) is 0.500. The largest absolute Gasteiger partial charge is 0.475 e. The lowest BCUT2D eigenvalue weighted by Crippen LogP contribution is -2.32. The molecule has 0 bridgehead atoms. The molecule has 12 heteroatoms. The summed E-state index contributed by atoms with van der Waals surface area (Å²) in [4.78, 5) is 10.8. The van der Waals surface area contributed by atoms with E-state index in [1.54, 1.807) is 19.2 Å². The molecule has 3 heterocycles. The topological polar surface area (TPSA) is 77.3 Å². The molecule has 2 aliphatic rings. The maximum absolute atomic E-state index is 13.6. The van der Waals surface area contributed by atoms with Gasteiger partial charge in [0.25, 0.3) is 5.82 Å². The minimum atomic E-state index is -4.71. The Morgan fingerprint density at radius 1 is 1.03 bits per heavy atom. The van der Waals surface area contributed by atoms with Gasteiger partial charge < -0.3 is 19.7 Å². The van der Waals surface area contributed by atoms with Crippen LogP contribution in [0.5, 0.6) is 5.88 Å². The number of likely N-dealkylation sites (tertiary alicyclic amines) is 1. The van der Waals surface area contributed by atoms with Crippen molar-refractivity contribution in [2.45, 2.75) is 50.7 Å². The molecule has 3 aromatic rings. The van der Waals surface area contributed by atoms with Gasteiger partial charge in [-0.25, -0.2) is 0 Å². The molecule has 1 aliphatic heterocycles. The van der Waals surface area contributed by atoms with Gasteiger partial charge in [0.05, 0.1) is 6.61 Å². The molecule has 1 saturated heterocycles. The Morgan fingerprint density at radius 3 is 2.53 bits per heavy atom. The smallest absolute Gasteiger partial charge is 0.453 e. The van der Waals surface area contributed by atoms with Gasteiger partial charge in [-0.05, 0) is 104 Å². The number of pyridine rings is 1. The molecule has 0 radical (unpaired) electrons. The van der Waals surface area contributed by atoms with Crippen molar-refractivity contribution in [1.29, 1.82) is 0 Å². The summed E-state index contributed by atoms with van der Waals surface area (Å²) < 4.78 is 53.2. The Morgan fingerprint density at radius 2 is 1.79 bits per heavy atom. The fourth-order valence-corrected chi connectivity index (χ4v) is 5.66. The molecule has 0 spiro atoms. The van der Waals surface area contributed by atoms with Gasteiger partial charge in [-0.2, -0.15) is 27.8 Å². The quantitative estimate of drug-likeness (QED) is 0.201. The van der Waals surface area contributed by atoms with Crippen LogP contribution in [0.2, 0.25) is 0 Å². The molecular formula is C26H30F3IN6O2. The Labute approximate surface area is 233 Å². The molecule has 2 aromatic heterocycles. The van der Waals surface area contributed by atoms with Gasteiger partial charge in [-0.1, -0.05) is 6.07 Å². The molecule has 5 rings (SSSR count). The van der Waals surface area contributed by atoms with E-state index in [1.165, 1.54) is 37.1 Å². The zero-order valence-electron chi connectivity index (χ0n) is 21.1.